The van der Waals surface area contributed by atoms with Gasteiger partial charge in [0.15, 0.2) is 0 Å². The van der Waals surface area contributed by atoms with Crippen LogP contribution in [0.15, 0.2) is 42.6 Å². The molecular formula is C31H40N8O5. The summed E-state index contributed by atoms with van der Waals surface area (Å²) in [5, 5.41) is 3.01. The van der Waals surface area contributed by atoms with Crippen LogP contribution < -0.4 is 21.1 Å². The van der Waals surface area contributed by atoms with Gasteiger partial charge in [-0.05, 0) is 58.2 Å². The number of carbonyl (C=O) groups is 4. The van der Waals surface area contributed by atoms with Gasteiger partial charge in [0.05, 0.1) is 12.2 Å². The minimum Gasteiger partial charge on any atom is -0.444 e. The zero-order valence-electron chi connectivity index (χ0n) is 25.5. The van der Waals surface area contributed by atoms with Crippen LogP contribution in [0.3, 0.4) is 0 Å². The lowest BCUT2D eigenvalue weighted by atomic mass is 9.85. The van der Waals surface area contributed by atoms with Crippen molar-refractivity contribution >= 4 is 35.3 Å². The van der Waals surface area contributed by atoms with Gasteiger partial charge < -0.3 is 35.1 Å². The average Bonchev–Trinajstić information content (AvgIpc) is 3.72. The Kier molecular flexibility index (Phi) is 7.82. The molecule has 13 heteroatoms. The predicted molar refractivity (Wildman–Crippen MR) is 162 cm³/mol. The molecule has 44 heavy (non-hydrogen) atoms. The number of hydrazine groups is 1. The van der Waals surface area contributed by atoms with Gasteiger partial charge in [-0.15, -0.1) is 0 Å². The molecule has 4 aliphatic heterocycles. The van der Waals surface area contributed by atoms with Crippen molar-refractivity contribution in [1.82, 2.24) is 30.4 Å². The molecule has 0 aliphatic carbocycles. The molecule has 1 aromatic heterocycles. The maximum absolute atomic E-state index is 14.1. The Balaban J connectivity index is 1.11. The van der Waals surface area contributed by atoms with Crippen molar-refractivity contribution in [3.8, 4) is 0 Å². The van der Waals surface area contributed by atoms with Gasteiger partial charge in [0.1, 0.15) is 23.5 Å². The molecule has 1 atom stereocenters. The fraction of sp³-hybridized carbons (Fsp3) is 0.516. The van der Waals surface area contributed by atoms with E-state index in [0.29, 0.717) is 57.5 Å². The largest absolute Gasteiger partial charge is 0.444 e. The Labute approximate surface area is 256 Å². The van der Waals surface area contributed by atoms with Crippen LogP contribution in [0, 0.1) is 0 Å². The van der Waals surface area contributed by atoms with E-state index in [4.69, 9.17) is 4.74 Å². The highest BCUT2D eigenvalue weighted by Gasteiger charge is 2.54. The summed E-state index contributed by atoms with van der Waals surface area (Å²) in [5.41, 5.74) is 6.90. The third-order valence-corrected chi connectivity index (χ3v) is 8.70. The Morgan fingerprint density at radius 2 is 1.84 bits per heavy atom. The Hall–Kier alpha value is -4.39. The van der Waals surface area contributed by atoms with E-state index in [9.17, 15) is 19.2 Å². The zero-order chi connectivity index (χ0) is 31.1. The molecule has 6 rings (SSSR count). The SMILES string of the molecule is CC(C)(C)OC(=O)N1CC[C@H](NC(=O)CN2CN(c3ccccc3)C3(CCN(C(=O)c4cnc5c(c4)CNN5)CC3)C2=O)C1. The van der Waals surface area contributed by atoms with Crippen molar-refractivity contribution < 1.29 is 23.9 Å². The van der Waals surface area contributed by atoms with Gasteiger partial charge in [-0.3, -0.25) is 14.4 Å². The summed E-state index contributed by atoms with van der Waals surface area (Å²) in [6.45, 7) is 7.93. The van der Waals surface area contributed by atoms with Gasteiger partial charge >= 0.3 is 6.09 Å². The summed E-state index contributed by atoms with van der Waals surface area (Å²) in [5.74, 6) is 0.250. The molecule has 4 aliphatic rings. The van der Waals surface area contributed by atoms with Crippen molar-refractivity contribution in [2.24, 2.45) is 0 Å². The smallest absolute Gasteiger partial charge is 0.410 e. The number of para-hydroxylation sites is 1. The number of fused-ring (bicyclic) bond motifs is 1. The second-order valence-electron chi connectivity index (χ2n) is 12.9. The summed E-state index contributed by atoms with van der Waals surface area (Å²) in [6, 6.07) is 11.4. The molecule has 3 fully saturated rings. The summed E-state index contributed by atoms with van der Waals surface area (Å²) in [7, 11) is 0. The van der Waals surface area contributed by atoms with Crippen molar-refractivity contribution in [2.45, 2.75) is 63.8 Å². The molecular weight excluding hydrogens is 564 g/mol. The van der Waals surface area contributed by atoms with Gasteiger partial charge in [-0.1, -0.05) is 18.2 Å². The van der Waals surface area contributed by atoms with E-state index < -0.39 is 17.2 Å². The maximum atomic E-state index is 14.1. The number of carbonyl (C=O) groups excluding carboxylic acids is 4. The van der Waals surface area contributed by atoms with Gasteiger partial charge in [0.25, 0.3) is 11.8 Å². The molecule has 1 spiro atoms. The van der Waals surface area contributed by atoms with Crippen molar-refractivity contribution in [3.05, 3.63) is 53.7 Å². The number of pyridine rings is 1. The van der Waals surface area contributed by atoms with E-state index in [1.54, 1.807) is 20.9 Å². The standard InChI is InChI=1S/C31H40N8O5/c1-30(2,3)44-29(43)37-12-9-23(18-37)34-25(40)19-38-20-39(24-7-5-4-6-8-24)31(28(38)42)10-13-36(14-11-31)27(41)22-15-21-17-33-35-26(21)32-16-22/h4-8,15-16,23,33H,9-14,17-20H2,1-3H3,(H,32,35)(H,34,40)/t23-/m0/s1. The number of nitrogens with one attached hydrogen (secondary N) is 3. The Morgan fingerprint density at radius 3 is 2.57 bits per heavy atom. The summed E-state index contributed by atoms with van der Waals surface area (Å²) >= 11 is 0. The number of benzene rings is 1. The van der Waals surface area contributed by atoms with E-state index in [2.05, 4.69) is 26.1 Å². The number of piperidine rings is 1. The number of hydrogen-bond acceptors (Lipinski definition) is 9. The van der Waals surface area contributed by atoms with Gasteiger partial charge in [0.2, 0.25) is 5.91 Å². The first-order valence-corrected chi connectivity index (χ1v) is 15.2. The van der Waals surface area contributed by atoms with Crippen LogP contribution in [0.2, 0.25) is 0 Å². The molecule has 2 aromatic rings. The molecule has 0 bridgehead atoms. The van der Waals surface area contributed by atoms with E-state index in [1.165, 1.54) is 0 Å². The van der Waals surface area contributed by atoms with E-state index in [-0.39, 0.29) is 37.0 Å². The average molecular weight is 605 g/mol. The Bertz CT molecular complexity index is 1440. The fourth-order valence-corrected chi connectivity index (χ4v) is 6.50. The van der Waals surface area contributed by atoms with Crippen LogP contribution in [0.4, 0.5) is 16.3 Å². The third kappa shape index (κ3) is 5.88. The van der Waals surface area contributed by atoms with E-state index in [0.717, 1.165) is 17.1 Å². The number of hydrogen-bond donors (Lipinski definition) is 3. The minimum atomic E-state index is -0.858. The van der Waals surface area contributed by atoms with E-state index >= 15 is 0 Å². The number of anilines is 2. The summed E-state index contributed by atoms with van der Waals surface area (Å²) in [4.78, 5) is 64.5. The van der Waals surface area contributed by atoms with Crippen LogP contribution >= 0.6 is 0 Å². The van der Waals surface area contributed by atoms with Crippen molar-refractivity contribution in [3.63, 3.8) is 0 Å². The summed E-state index contributed by atoms with van der Waals surface area (Å²) < 4.78 is 5.46. The number of amides is 4. The highest BCUT2D eigenvalue weighted by Crippen LogP contribution is 2.39. The van der Waals surface area contributed by atoms with Crippen molar-refractivity contribution in [2.75, 3.05) is 49.7 Å². The molecule has 3 N–H and O–H groups in total. The molecule has 3 saturated heterocycles. The quantitative estimate of drug-likeness (QED) is 0.467. The number of nitrogens with zero attached hydrogens (tertiary/aromatic N) is 5. The highest BCUT2D eigenvalue weighted by molar-refractivity contribution is 5.98. The Morgan fingerprint density at radius 1 is 1.09 bits per heavy atom. The zero-order valence-corrected chi connectivity index (χ0v) is 25.5. The van der Waals surface area contributed by atoms with Gasteiger partial charge in [-0.25, -0.2) is 15.2 Å². The van der Waals surface area contributed by atoms with Crippen LogP contribution in [0.25, 0.3) is 0 Å². The van der Waals surface area contributed by atoms with Crippen molar-refractivity contribution in [1.29, 1.82) is 0 Å². The molecule has 0 radical (unpaired) electrons. The lowest BCUT2D eigenvalue weighted by Crippen LogP contribution is -2.57. The molecule has 0 saturated carbocycles. The molecule has 5 heterocycles. The lowest BCUT2D eigenvalue weighted by molar-refractivity contribution is -0.137. The normalized spacial score (nSPS) is 21.0. The second kappa shape index (κ2) is 11.6. The molecule has 0 unspecified atom stereocenters. The van der Waals surface area contributed by atoms with E-state index in [1.807, 2.05) is 57.2 Å². The fourth-order valence-electron chi connectivity index (χ4n) is 6.50. The molecule has 13 nitrogen and oxygen atoms in total. The van der Waals surface area contributed by atoms with Crippen LogP contribution in [0.1, 0.15) is 56.0 Å². The highest BCUT2D eigenvalue weighted by atomic mass is 16.6. The molecule has 4 amide bonds. The lowest BCUT2D eigenvalue weighted by Gasteiger charge is -2.43. The predicted octanol–water partition coefficient (Wildman–Crippen LogP) is 1.92. The topological polar surface area (TPSA) is 139 Å². The van der Waals surface area contributed by atoms with Gasteiger partial charge in [0, 0.05) is 56.2 Å². The number of ether oxygens (including phenoxy) is 1. The first-order chi connectivity index (χ1) is 21.0. The number of rotatable bonds is 5. The minimum absolute atomic E-state index is 0.0850. The second-order valence-corrected chi connectivity index (χ2v) is 12.9. The third-order valence-electron chi connectivity index (χ3n) is 8.70. The van der Waals surface area contributed by atoms with Crippen LogP contribution in [-0.4, -0.2) is 100 Å². The van der Waals surface area contributed by atoms with Crippen LogP contribution in [0.5, 0.6) is 0 Å². The first kappa shape index (κ1) is 29.7. The molecule has 1 aromatic carbocycles. The molecule has 234 valence electrons. The summed E-state index contributed by atoms with van der Waals surface area (Å²) in [6.07, 6.45) is 2.70. The first-order valence-electron chi connectivity index (χ1n) is 15.2. The number of aromatic nitrogens is 1. The monoisotopic (exact) mass is 604 g/mol. The number of likely N-dealkylation sites (tertiary alicyclic amines) is 2. The van der Waals surface area contributed by atoms with Crippen LogP contribution in [-0.2, 0) is 20.9 Å². The maximum Gasteiger partial charge on any atom is 0.410 e. The van der Waals surface area contributed by atoms with Gasteiger partial charge in [-0.2, -0.15) is 0 Å².